The number of aromatic amines is 2. The van der Waals surface area contributed by atoms with Crippen LogP contribution in [0.1, 0.15) is 93.2 Å². The summed E-state index contributed by atoms with van der Waals surface area (Å²) in [6.45, 7) is 10.5. The maximum Gasteiger partial charge on any atom is 0.416 e. The second-order valence-corrected chi connectivity index (χ2v) is 28.3. The Kier molecular flexibility index (Phi) is 22.8. The van der Waals surface area contributed by atoms with Crippen molar-refractivity contribution in [2.24, 2.45) is 0 Å². The van der Waals surface area contributed by atoms with E-state index < -0.39 is 58.5 Å². The van der Waals surface area contributed by atoms with Gasteiger partial charge in [0.25, 0.3) is 17.0 Å². The lowest BCUT2D eigenvalue weighted by atomic mass is 9.88. The first-order valence-electron chi connectivity index (χ1n) is 34.7. The van der Waals surface area contributed by atoms with Gasteiger partial charge in [0.1, 0.15) is 40.0 Å². The number of carbonyl (C=O) groups is 4. The number of H-pyrrole nitrogens is 2. The van der Waals surface area contributed by atoms with Crippen molar-refractivity contribution in [3.05, 3.63) is 194 Å². The number of benzene rings is 6. The van der Waals surface area contributed by atoms with E-state index in [1.165, 1.54) is 41.3 Å². The van der Waals surface area contributed by atoms with Gasteiger partial charge in [0.05, 0.1) is 65.4 Å². The number of β-amino-alcohol motifs (C(OH)–C–C–N with tert-alkyl or cyclic N) is 1. The van der Waals surface area contributed by atoms with Crippen molar-refractivity contribution in [1.82, 2.24) is 9.97 Å². The fourth-order valence-electron chi connectivity index (χ4n) is 13.5. The predicted octanol–water partition coefficient (Wildman–Crippen LogP) is 14.7. The zero-order chi connectivity index (χ0) is 77.0. The van der Waals surface area contributed by atoms with Gasteiger partial charge in [-0.2, -0.15) is 51.3 Å². The van der Waals surface area contributed by atoms with E-state index in [0.717, 1.165) is 71.8 Å². The molecule has 0 spiro atoms. The third-order valence-electron chi connectivity index (χ3n) is 18.4. The van der Waals surface area contributed by atoms with Crippen LogP contribution in [-0.2, 0) is 42.4 Å². The lowest BCUT2D eigenvalue weighted by molar-refractivity contribution is -0.138. The summed E-state index contributed by atoms with van der Waals surface area (Å²) in [5.41, 5.74) is 3.66. The molecular formula is C78H75F9N8O12S. The normalized spacial score (nSPS) is 18.9. The number of aromatic nitrogens is 2. The summed E-state index contributed by atoms with van der Waals surface area (Å²) >= 11 is 1.87. The first kappa shape index (κ1) is 76.9. The molecule has 0 saturated carbocycles. The largest absolute Gasteiger partial charge is 0.493 e. The summed E-state index contributed by atoms with van der Waals surface area (Å²) in [5, 5.41) is 19.2. The van der Waals surface area contributed by atoms with Gasteiger partial charge in [-0.3, -0.25) is 28.8 Å². The van der Waals surface area contributed by atoms with Gasteiger partial charge >= 0.3 is 18.5 Å². The highest BCUT2D eigenvalue weighted by atomic mass is 32.2. The van der Waals surface area contributed by atoms with Gasteiger partial charge in [0.2, 0.25) is 17.7 Å². The van der Waals surface area contributed by atoms with E-state index in [-0.39, 0.29) is 79.5 Å². The van der Waals surface area contributed by atoms with E-state index >= 15 is 0 Å². The molecule has 6 N–H and O–H groups in total. The number of aliphatic hydroxyl groups excluding tert-OH is 1. The molecule has 4 amide bonds. The van der Waals surface area contributed by atoms with Gasteiger partial charge in [-0.15, -0.1) is 0 Å². The van der Waals surface area contributed by atoms with Crippen LogP contribution < -0.4 is 60.7 Å². The van der Waals surface area contributed by atoms with Gasteiger partial charge in [0, 0.05) is 113 Å². The van der Waals surface area contributed by atoms with Crippen molar-refractivity contribution in [1.29, 1.82) is 0 Å². The molecule has 108 heavy (non-hydrogen) atoms. The van der Waals surface area contributed by atoms with Gasteiger partial charge in [-0.1, -0.05) is 30.3 Å². The van der Waals surface area contributed by atoms with Crippen molar-refractivity contribution < 1.29 is 87.5 Å². The Bertz CT molecular complexity index is 5000. The second-order valence-electron chi connectivity index (χ2n) is 27.1. The van der Waals surface area contributed by atoms with Gasteiger partial charge < -0.3 is 69.4 Å². The highest BCUT2D eigenvalue weighted by Gasteiger charge is 2.38. The molecular weight excluding hydrogens is 1440 g/mol. The van der Waals surface area contributed by atoms with Crippen LogP contribution in [0.2, 0.25) is 0 Å². The number of thioether (sulfide) groups is 1. The molecule has 6 aliphatic rings. The highest BCUT2D eigenvalue weighted by molar-refractivity contribution is 7.99. The first-order valence-corrected chi connectivity index (χ1v) is 35.9. The second kappa shape index (κ2) is 32.0. The Hall–Kier alpha value is -10.7. The van der Waals surface area contributed by atoms with Crippen LogP contribution in [0.4, 0.5) is 73.6 Å². The molecule has 14 rings (SSSR count). The number of hydrogen-bond acceptors (Lipinski definition) is 15. The minimum Gasteiger partial charge on any atom is -0.493 e. The number of allylic oxidation sites excluding steroid dienone is 2. The molecule has 2 saturated heterocycles. The van der Waals surface area contributed by atoms with Crippen LogP contribution in [-0.4, -0.2) is 127 Å². The van der Waals surface area contributed by atoms with Gasteiger partial charge in [-0.25, -0.2) is 0 Å². The van der Waals surface area contributed by atoms with E-state index in [1.54, 1.807) is 56.3 Å². The molecule has 2 atom stereocenters. The SMILES string of the molecule is CC1(C)C/C(=C\C(=O)Nc2ccc3c(c2)N(CCO)C(=O)CO3)c2ccc(C(F)(F)F)cc2O1.C[C@@H]1CN(c2cc3ccc(NC(=O)/C=C4\CCCOc5cc(C(F)(F)F)ccc54)cc3[nH]c2=O)C[C@H](C)O1.O=C(/C=C1\CCCOc2cc(C(F)(F)F)ccc21)Nc1ccc2cc(N3CCSCC3)c(=O)[nH]c2c1. The fraction of sp³-hybridized carbons (Fsp3) is 0.333. The van der Waals surface area contributed by atoms with Crippen molar-refractivity contribution in [3.63, 3.8) is 0 Å². The van der Waals surface area contributed by atoms with Crippen LogP contribution in [0.3, 0.4) is 0 Å². The summed E-state index contributed by atoms with van der Waals surface area (Å²) in [6, 6.07) is 28.9. The number of anilines is 6. The van der Waals surface area contributed by atoms with Crippen molar-refractivity contribution in [2.45, 2.75) is 96.1 Å². The number of amides is 4. The summed E-state index contributed by atoms with van der Waals surface area (Å²) in [6.07, 6.45) is -6.89. The van der Waals surface area contributed by atoms with E-state index in [4.69, 9.17) is 23.7 Å². The third kappa shape index (κ3) is 18.6. The number of nitrogens with one attached hydrogen (secondary N) is 5. The average molecular weight is 1520 g/mol. The highest BCUT2D eigenvalue weighted by Crippen LogP contribution is 2.45. The zero-order valence-corrected chi connectivity index (χ0v) is 59.7. The predicted molar refractivity (Wildman–Crippen MR) is 395 cm³/mol. The number of aliphatic hydroxyl groups is 1. The molecule has 8 heterocycles. The molecule has 20 nitrogen and oxygen atoms in total. The van der Waals surface area contributed by atoms with E-state index in [0.29, 0.717) is 130 Å². The Morgan fingerprint density at radius 2 is 0.991 bits per heavy atom. The van der Waals surface area contributed by atoms with E-state index in [2.05, 4.69) is 30.8 Å². The Morgan fingerprint density at radius 1 is 0.546 bits per heavy atom. The topological polar surface area (TPSA) is 246 Å². The van der Waals surface area contributed by atoms with Crippen LogP contribution in [0.5, 0.6) is 23.0 Å². The number of carbonyl (C=O) groups excluding carboxylic acids is 4. The number of hydrogen-bond donors (Lipinski definition) is 6. The molecule has 0 bridgehead atoms. The number of pyridine rings is 2. The van der Waals surface area contributed by atoms with Crippen LogP contribution in [0, 0.1) is 0 Å². The van der Waals surface area contributed by atoms with Crippen molar-refractivity contribution in [3.8, 4) is 23.0 Å². The smallest absolute Gasteiger partial charge is 0.416 e. The molecule has 2 aromatic heterocycles. The fourth-order valence-corrected chi connectivity index (χ4v) is 14.4. The summed E-state index contributed by atoms with van der Waals surface area (Å²) in [7, 11) is 0. The van der Waals surface area contributed by atoms with Gasteiger partial charge in [0.15, 0.2) is 6.61 Å². The number of halogens is 9. The van der Waals surface area contributed by atoms with E-state index in [1.807, 2.05) is 54.8 Å². The number of rotatable bonds is 10. The Balaban J connectivity index is 0.000000152. The molecule has 2 fully saturated rings. The molecule has 8 aromatic rings. The van der Waals surface area contributed by atoms with Crippen molar-refractivity contribution >= 4 is 108 Å². The molecule has 568 valence electrons. The van der Waals surface area contributed by atoms with E-state index in [9.17, 15) is 73.4 Å². The number of ether oxygens (including phenoxy) is 5. The average Bonchev–Trinajstić information content (AvgIpc) is 0.964. The zero-order valence-electron chi connectivity index (χ0n) is 58.8. The number of morpholine rings is 1. The maximum atomic E-state index is 13.1. The Morgan fingerprint density at radius 3 is 1.47 bits per heavy atom. The van der Waals surface area contributed by atoms with Crippen LogP contribution in [0.25, 0.3) is 38.5 Å². The molecule has 6 aromatic carbocycles. The summed E-state index contributed by atoms with van der Waals surface area (Å²) in [5.74, 6) is 1.06. The number of nitrogens with zero attached hydrogens (tertiary/aromatic N) is 3. The molecule has 0 aliphatic carbocycles. The molecule has 6 aliphatic heterocycles. The molecule has 0 radical (unpaired) electrons. The molecule has 0 unspecified atom stereocenters. The van der Waals surface area contributed by atoms with Gasteiger partial charge in [-0.05, 0) is 161 Å². The third-order valence-corrected chi connectivity index (χ3v) is 19.3. The first-order chi connectivity index (χ1) is 51.3. The minimum absolute atomic E-state index is 0.0132. The summed E-state index contributed by atoms with van der Waals surface area (Å²) in [4.78, 5) is 87.4. The number of alkyl halides is 9. The lowest BCUT2D eigenvalue weighted by Gasteiger charge is -2.36. The monoisotopic (exact) mass is 1520 g/mol. The minimum atomic E-state index is -4.51. The summed E-state index contributed by atoms with van der Waals surface area (Å²) < 4.78 is 146. The maximum absolute atomic E-state index is 13.1. The standard InChI is InChI=1S/C28H28F3N3O4.C26H24F3N3O3S.C24H23F3N2O5/c1-16-14-34(15-17(2)38-16)24-10-19-5-7-21(13-23(19)33-27(24)36)32-26(35)11-18-4-3-9-37-25-12-20(28(29,30)31)6-8-22(18)25;27-26(28,29)18-4-6-20-16(2-1-9-35-23(20)14-18)13-24(33)30-19-5-3-17-12-22(25(34)31-21(17)15-19)32-7-10-36-11-8-32;1-23(2)12-14(17-5-3-15(24(25,26)27)10-20(17)34-23)9-21(31)28-16-4-6-19-18(11-16)29(7-8-30)22(32)13-33-19/h5-8,10-13,16-17H,3-4,9,14-15H2,1-2H3,(H,32,35)(H,33,36);3-6,12-15H,1-2,7-11H2,(H,30,33)(H,31,34);3-6,9-11,30H,7-8,12-13H2,1-2H3,(H,28,31)/b18-11+;16-13+;14-9+/t16-,17+;;. The molecule has 30 heteroatoms. The quantitative estimate of drug-likeness (QED) is 0.0551. The Labute approximate surface area is 616 Å². The van der Waals surface area contributed by atoms with Crippen molar-refractivity contribution in [2.75, 3.05) is 101 Å². The lowest BCUT2D eigenvalue weighted by Crippen LogP contribution is -2.47. The van der Waals surface area contributed by atoms with Crippen LogP contribution >= 0.6 is 11.8 Å². The van der Waals surface area contributed by atoms with Crippen LogP contribution in [0.15, 0.2) is 149 Å². The number of fused-ring (bicyclic) bond motifs is 6.